The van der Waals surface area contributed by atoms with Gasteiger partial charge in [-0.1, -0.05) is 42.0 Å². The molecule has 8 heteroatoms. The fourth-order valence-corrected chi connectivity index (χ4v) is 12.1. The van der Waals surface area contributed by atoms with Gasteiger partial charge in [-0.3, -0.25) is 9.80 Å². The number of rotatable bonds is 4. The quantitative estimate of drug-likeness (QED) is 0.244. The lowest BCUT2D eigenvalue weighted by molar-refractivity contribution is -0.146. The van der Waals surface area contributed by atoms with Crippen LogP contribution in [0.4, 0.5) is 5.69 Å². The summed E-state index contributed by atoms with van der Waals surface area (Å²) < 4.78 is 20.1. The number of hydrogen-bond acceptors (Lipinski definition) is 7. The molecule has 8 heterocycles. The maximum absolute atomic E-state index is 13.9. The molecule has 9 unspecified atom stereocenters. The number of carbonyl (C=O) groups is 1. The molecule has 10 rings (SSSR count). The highest BCUT2D eigenvalue weighted by molar-refractivity contribution is 5.88. The van der Waals surface area contributed by atoms with Crippen molar-refractivity contribution in [3.8, 4) is 5.75 Å². The molecule has 4 saturated heterocycles. The molecule has 0 amide bonds. The number of piperidine rings is 4. The fourth-order valence-electron chi connectivity index (χ4n) is 12.1. The van der Waals surface area contributed by atoms with Crippen LogP contribution in [0, 0.1) is 17.8 Å². The molecule has 7 aliphatic heterocycles. The van der Waals surface area contributed by atoms with E-state index in [0.717, 1.165) is 51.1 Å². The van der Waals surface area contributed by atoms with E-state index in [1.807, 2.05) is 0 Å². The van der Waals surface area contributed by atoms with Crippen molar-refractivity contribution < 1.29 is 19.0 Å². The zero-order valence-electron chi connectivity index (χ0n) is 29.8. The summed E-state index contributed by atoms with van der Waals surface area (Å²) in [6, 6.07) is 16.1. The van der Waals surface area contributed by atoms with Crippen molar-refractivity contribution in [3.63, 3.8) is 0 Å². The Balaban J connectivity index is 1.07. The standard InChI is InChI=1S/C42H48N4O4/c1-6-24-21-45-16-14-33-27-9-7-8-10-35(27)46-40(41(47)49-5)29(24)20-38(45)42(33,46)15-13-25-22-50-23-32-28(25)18-37-39-31(19-36(32)43(37)2)30-17-26(48-4)11-12-34(30)44(39)3/h6-13,15,17,22,28-29,32-33,36-38,40H,14,16,18-21,23H2,1-5H3. The van der Waals surface area contributed by atoms with Gasteiger partial charge in [0, 0.05) is 65.7 Å². The highest BCUT2D eigenvalue weighted by Crippen LogP contribution is 2.62. The Morgan fingerprint density at radius 3 is 2.76 bits per heavy atom. The maximum Gasteiger partial charge on any atom is 0.329 e. The smallest absolute Gasteiger partial charge is 0.329 e. The van der Waals surface area contributed by atoms with Crippen LogP contribution in [-0.4, -0.2) is 85.0 Å². The van der Waals surface area contributed by atoms with Gasteiger partial charge in [-0.25, -0.2) is 4.79 Å². The first-order chi connectivity index (χ1) is 24.4. The van der Waals surface area contributed by atoms with Gasteiger partial charge >= 0.3 is 5.97 Å². The summed E-state index contributed by atoms with van der Waals surface area (Å²) >= 11 is 0. The molecule has 0 spiro atoms. The third-order valence-electron chi connectivity index (χ3n) is 14.3. The number of carbonyl (C=O) groups excluding carboxylic acids is 1. The Labute approximate surface area is 294 Å². The number of fused-ring (bicyclic) bond motifs is 12. The minimum absolute atomic E-state index is 0.123. The first-order valence-electron chi connectivity index (χ1n) is 18.6. The molecule has 260 valence electrons. The van der Waals surface area contributed by atoms with Crippen LogP contribution in [0.2, 0.25) is 0 Å². The number of para-hydroxylation sites is 1. The summed E-state index contributed by atoms with van der Waals surface area (Å²) in [6.07, 6.45) is 13.4. The Hall–Kier alpha value is -4.01. The van der Waals surface area contributed by atoms with Crippen LogP contribution in [0.25, 0.3) is 10.9 Å². The van der Waals surface area contributed by atoms with E-state index >= 15 is 0 Å². The third kappa shape index (κ3) is 3.87. The lowest BCUT2D eigenvalue weighted by Gasteiger charge is -2.64. The van der Waals surface area contributed by atoms with Crippen molar-refractivity contribution in [2.24, 2.45) is 24.8 Å². The summed E-state index contributed by atoms with van der Waals surface area (Å²) in [5.41, 5.74) is 9.11. The van der Waals surface area contributed by atoms with Gasteiger partial charge in [0.2, 0.25) is 0 Å². The monoisotopic (exact) mass is 672 g/mol. The Morgan fingerprint density at radius 1 is 1.08 bits per heavy atom. The molecule has 4 bridgehead atoms. The molecule has 1 aromatic heterocycles. The number of hydrogen-bond donors (Lipinski definition) is 0. The maximum atomic E-state index is 13.9. The van der Waals surface area contributed by atoms with Crippen LogP contribution < -0.4 is 9.64 Å². The average Bonchev–Trinajstić information content (AvgIpc) is 3.58. The molecule has 3 aromatic rings. The van der Waals surface area contributed by atoms with Crippen molar-refractivity contribution in [1.82, 2.24) is 14.4 Å². The number of aryl methyl sites for hydroxylation is 1. The number of allylic oxidation sites excluding steroid dienone is 3. The largest absolute Gasteiger partial charge is 0.501 e. The minimum atomic E-state index is -0.353. The summed E-state index contributed by atoms with van der Waals surface area (Å²) in [7, 11) is 7.87. The van der Waals surface area contributed by atoms with E-state index < -0.39 is 0 Å². The molecule has 2 aromatic carbocycles. The topological polar surface area (TPSA) is 59.4 Å². The van der Waals surface area contributed by atoms with E-state index in [4.69, 9.17) is 14.2 Å². The Bertz CT molecular complexity index is 2010. The Morgan fingerprint density at radius 2 is 1.94 bits per heavy atom. The van der Waals surface area contributed by atoms with E-state index in [1.165, 1.54) is 44.6 Å². The van der Waals surface area contributed by atoms with Crippen LogP contribution >= 0.6 is 0 Å². The van der Waals surface area contributed by atoms with Gasteiger partial charge in [0.15, 0.2) is 0 Å². The van der Waals surface area contributed by atoms with Crippen molar-refractivity contribution in [1.29, 1.82) is 0 Å². The number of methoxy groups -OCH3 is 2. The second kappa shape index (κ2) is 11.0. The molecule has 0 radical (unpaired) electrons. The molecule has 0 N–H and O–H groups in total. The van der Waals surface area contributed by atoms with E-state index in [-0.39, 0.29) is 23.5 Å². The second-order valence-corrected chi connectivity index (χ2v) is 15.9. The molecule has 8 nitrogen and oxygen atoms in total. The van der Waals surface area contributed by atoms with Crippen LogP contribution in [0.5, 0.6) is 5.75 Å². The number of benzene rings is 2. The molecule has 7 aliphatic rings. The number of aromatic nitrogens is 1. The molecule has 0 aliphatic carbocycles. The zero-order chi connectivity index (χ0) is 34.1. The van der Waals surface area contributed by atoms with Gasteiger partial charge in [-0.2, -0.15) is 0 Å². The van der Waals surface area contributed by atoms with E-state index in [9.17, 15) is 4.79 Å². The van der Waals surface area contributed by atoms with Crippen molar-refractivity contribution in [3.05, 3.63) is 94.9 Å². The third-order valence-corrected chi connectivity index (χ3v) is 14.3. The summed E-state index contributed by atoms with van der Waals surface area (Å²) in [4.78, 5) is 21.8. The number of anilines is 1. The van der Waals surface area contributed by atoms with Crippen molar-refractivity contribution in [2.75, 3.05) is 45.9 Å². The average molecular weight is 673 g/mol. The lowest BCUT2D eigenvalue weighted by Crippen LogP contribution is -2.75. The fraction of sp³-hybridized carbons (Fsp3) is 0.500. The predicted octanol–water partition coefficient (Wildman–Crippen LogP) is 6.13. The predicted molar refractivity (Wildman–Crippen MR) is 194 cm³/mol. The molecule has 4 fully saturated rings. The number of ether oxygens (including phenoxy) is 3. The second-order valence-electron chi connectivity index (χ2n) is 15.9. The van der Waals surface area contributed by atoms with E-state index in [0.29, 0.717) is 35.9 Å². The van der Waals surface area contributed by atoms with Gasteiger partial charge in [-0.15, -0.1) is 0 Å². The van der Waals surface area contributed by atoms with Crippen LogP contribution in [0.15, 0.2) is 78.1 Å². The number of likely N-dealkylation sites (N-methyl/N-ethyl adjacent to an activating group) is 1. The van der Waals surface area contributed by atoms with Gasteiger partial charge < -0.3 is 23.7 Å². The van der Waals surface area contributed by atoms with E-state index in [2.05, 4.69) is 107 Å². The Kier molecular flexibility index (Phi) is 6.77. The molecule has 9 atom stereocenters. The van der Waals surface area contributed by atoms with Crippen LogP contribution in [0.1, 0.15) is 55.0 Å². The lowest BCUT2D eigenvalue weighted by atomic mass is 9.61. The number of esters is 1. The van der Waals surface area contributed by atoms with Gasteiger partial charge in [0.25, 0.3) is 0 Å². The van der Waals surface area contributed by atoms with Crippen molar-refractivity contribution >= 4 is 22.6 Å². The van der Waals surface area contributed by atoms with Crippen LogP contribution in [-0.2, 0) is 27.7 Å². The minimum Gasteiger partial charge on any atom is -0.501 e. The molecule has 50 heavy (non-hydrogen) atoms. The first kappa shape index (κ1) is 30.8. The first-order valence-corrected chi connectivity index (χ1v) is 18.6. The van der Waals surface area contributed by atoms with Gasteiger partial charge in [0.1, 0.15) is 11.8 Å². The molecular formula is C42H48N4O4. The molecule has 0 saturated carbocycles. The normalized spacial score (nSPS) is 36.1. The van der Waals surface area contributed by atoms with Crippen molar-refractivity contribution in [2.45, 2.75) is 68.2 Å². The van der Waals surface area contributed by atoms with Gasteiger partial charge in [0.05, 0.1) is 38.7 Å². The SMILES string of the molecule is CC=C1CN2CCC3c4ccccc4N4C(C(=O)OC)C1CC2C34C=CC1=COCC2C1CC1c3c(c4cc(OC)ccc4n3C)CC2N1C. The molecular weight excluding hydrogens is 624 g/mol. The zero-order valence-corrected chi connectivity index (χ0v) is 29.8. The highest BCUT2D eigenvalue weighted by Gasteiger charge is 2.66. The van der Waals surface area contributed by atoms with E-state index in [1.54, 1.807) is 14.2 Å². The summed E-state index contributed by atoms with van der Waals surface area (Å²) in [5, 5.41) is 1.32. The summed E-state index contributed by atoms with van der Waals surface area (Å²) in [6.45, 7) is 4.88. The van der Waals surface area contributed by atoms with Crippen LogP contribution in [0.3, 0.4) is 0 Å². The summed E-state index contributed by atoms with van der Waals surface area (Å²) in [5.74, 6) is 2.04. The van der Waals surface area contributed by atoms with Gasteiger partial charge in [-0.05, 0) is 93.1 Å². The highest BCUT2D eigenvalue weighted by atomic mass is 16.5. The number of nitrogens with zero attached hydrogens (tertiary/aromatic N) is 4.